The van der Waals surface area contributed by atoms with Crippen molar-refractivity contribution in [2.24, 2.45) is 0 Å². The van der Waals surface area contributed by atoms with E-state index in [0.29, 0.717) is 0 Å². The molecule has 0 amide bonds. The van der Waals surface area contributed by atoms with Gasteiger partial charge < -0.3 is 9.14 Å². The van der Waals surface area contributed by atoms with Gasteiger partial charge in [-0.25, -0.2) is 4.98 Å². The highest BCUT2D eigenvalue weighted by molar-refractivity contribution is 5.42. The van der Waals surface area contributed by atoms with E-state index in [1.807, 2.05) is 18.2 Å². The summed E-state index contributed by atoms with van der Waals surface area (Å²) in [4.78, 5) is 4.54. The van der Waals surface area contributed by atoms with Crippen molar-refractivity contribution in [3.05, 3.63) is 35.8 Å². The molecule has 16 heavy (non-hydrogen) atoms. The third-order valence-electron chi connectivity index (χ3n) is 2.84. The van der Waals surface area contributed by atoms with E-state index in [1.54, 1.807) is 7.11 Å². The second-order valence-electron chi connectivity index (χ2n) is 4.02. The summed E-state index contributed by atoms with van der Waals surface area (Å²) < 4.78 is 7.24. The van der Waals surface area contributed by atoms with Crippen LogP contribution >= 0.6 is 0 Å². The zero-order valence-corrected chi connectivity index (χ0v) is 9.94. The number of unbranched alkanes of at least 4 members (excludes halogenated alkanes) is 1. The zero-order chi connectivity index (χ0) is 11.4. The largest absolute Gasteiger partial charge is 0.385 e. The van der Waals surface area contributed by atoms with Crippen molar-refractivity contribution >= 4 is 5.65 Å². The van der Waals surface area contributed by atoms with Crippen LogP contribution in [0.1, 0.15) is 24.2 Å². The van der Waals surface area contributed by atoms with Gasteiger partial charge in [-0.05, 0) is 38.3 Å². The SMILES string of the molecule is COCCCCc1c(C)nc2ccccn12. The Morgan fingerprint density at radius 2 is 2.19 bits per heavy atom. The highest BCUT2D eigenvalue weighted by atomic mass is 16.5. The van der Waals surface area contributed by atoms with Crippen LogP contribution in [-0.2, 0) is 11.2 Å². The number of fused-ring (bicyclic) bond motifs is 1. The fraction of sp³-hybridized carbons (Fsp3) is 0.462. The van der Waals surface area contributed by atoms with Crippen molar-refractivity contribution in [1.82, 2.24) is 9.38 Å². The molecule has 2 aromatic heterocycles. The first-order valence-corrected chi connectivity index (χ1v) is 5.74. The molecule has 0 aromatic carbocycles. The number of hydrogen-bond acceptors (Lipinski definition) is 2. The van der Waals surface area contributed by atoms with Crippen molar-refractivity contribution in [3.8, 4) is 0 Å². The second kappa shape index (κ2) is 5.12. The molecule has 0 spiro atoms. The fourth-order valence-corrected chi connectivity index (χ4v) is 2.00. The molecule has 0 atom stereocenters. The standard InChI is InChI=1S/C13H18N2O/c1-11-12(7-4-6-10-16-2)15-9-5-3-8-13(15)14-11/h3,5,8-9H,4,6-7,10H2,1-2H3. The van der Waals surface area contributed by atoms with Crippen molar-refractivity contribution in [2.45, 2.75) is 26.2 Å². The Morgan fingerprint density at radius 1 is 1.31 bits per heavy atom. The molecule has 0 aliphatic heterocycles. The summed E-state index contributed by atoms with van der Waals surface area (Å²) in [7, 11) is 1.75. The van der Waals surface area contributed by atoms with Gasteiger partial charge in [-0.2, -0.15) is 0 Å². The van der Waals surface area contributed by atoms with Crippen LogP contribution in [0.25, 0.3) is 5.65 Å². The van der Waals surface area contributed by atoms with Gasteiger partial charge in [0.1, 0.15) is 5.65 Å². The molecule has 0 saturated carbocycles. The van der Waals surface area contributed by atoms with E-state index in [4.69, 9.17) is 4.74 Å². The topological polar surface area (TPSA) is 26.5 Å². The van der Waals surface area contributed by atoms with Crippen molar-refractivity contribution < 1.29 is 4.74 Å². The molecular formula is C13H18N2O. The maximum absolute atomic E-state index is 5.06. The van der Waals surface area contributed by atoms with Gasteiger partial charge >= 0.3 is 0 Å². The lowest BCUT2D eigenvalue weighted by atomic mass is 10.2. The lowest BCUT2D eigenvalue weighted by Gasteiger charge is -2.02. The molecule has 2 heterocycles. The Labute approximate surface area is 96.1 Å². The number of hydrogen-bond donors (Lipinski definition) is 0. The fourth-order valence-electron chi connectivity index (χ4n) is 2.00. The van der Waals surface area contributed by atoms with Gasteiger partial charge in [-0.15, -0.1) is 0 Å². The number of aromatic nitrogens is 2. The molecule has 0 radical (unpaired) electrons. The maximum Gasteiger partial charge on any atom is 0.137 e. The summed E-state index contributed by atoms with van der Waals surface area (Å²) in [5, 5.41) is 0. The summed E-state index contributed by atoms with van der Waals surface area (Å²) in [5.74, 6) is 0. The van der Waals surface area contributed by atoms with Crippen LogP contribution in [0.5, 0.6) is 0 Å². The predicted octanol–water partition coefficient (Wildman–Crippen LogP) is 2.61. The lowest BCUT2D eigenvalue weighted by Crippen LogP contribution is -1.96. The number of methoxy groups -OCH3 is 1. The van der Waals surface area contributed by atoms with Gasteiger partial charge in [0.15, 0.2) is 0 Å². The number of pyridine rings is 1. The normalized spacial score (nSPS) is 11.1. The number of nitrogens with zero attached hydrogens (tertiary/aromatic N) is 2. The summed E-state index contributed by atoms with van der Waals surface area (Å²) in [6.07, 6.45) is 5.41. The molecule has 3 nitrogen and oxygen atoms in total. The first-order chi connectivity index (χ1) is 7.83. The van der Waals surface area contributed by atoms with Crippen LogP contribution in [-0.4, -0.2) is 23.1 Å². The van der Waals surface area contributed by atoms with Crippen molar-refractivity contribution in [1.29, 1.82) is 0 Å². The van der Waals surface area contributed by atoms with E-state index in [1.165, 1.54) is 5.69 Å². The van der Waals surface area contributed by atoms with Crippen LogP contribution < -0.4 is 0 Å². The van der Waals surface area contributed by atoms with E-state index in [9.17, 15) is 0 Å². The molecule has 3 heteroatoms. The highest BCUT2D eigenvalue weighted by Gasteiger charge is 2.06. The molecule has 0 bridgehead atoms. The van der Waals surface area contributed by atoms with Crippen LogP contribution in [0, 0.1) is 6.92 Å². The number of rotatable bonds is 5. The first kappa shape index (κ1) is 11.1. The summed E-state index contributed by atoms with van der Waals surface area (Å²) in [5.41, 5.74) is 3.51. The average molecular weight is 218 g/mol. The molecule has 86 valence electrons. The van der Waals surface area contributed by atoms with Gasteiger partial charge in [-0.1, -0.05) is 6.07 Å². The van der Waals surface area contributed by atoms with Gasteiger partial charge in [0.2, 0.25) is 0 Å². The zero-order valence-electron chi connectivity index (χ0n) is 9.94. The van der Waals surface area contributed by atoms with E-state index in [2.05, 4.69) is 22.5 Å². The molecule has 0 fully saturated rings. The predicted molar refractivity (Wildman–Crippen MR) is 64.7 cm³/mol. The van der Waals surface area contributed by atoms with E-state index in [-0.39, 0.29) is 0 Å². The molecule has 0 aliphatic carbocycles. The average Bonchev–Trinajstić information content (AvgIpc) is 2.61. The Kier molecular flexibility index (Phi) is 3.57. The minimum Gasteiger partial charge on any atom is -0.385 e. The third kappa shape index (κ3) is 2.25. The Morgan fingerprint density at radius 3 is 3.00 bits per heavy atom. The van der Waals surface area contributed by atoms with Crippen LogP contribution in [0.4, 0.5) is 0 Å². The maximum atomic E-state index is 5.06. The second-order valence-corrected chi connectivity index (χ2v) is 4.02. The molecular weight excluding hydrogens is 200 g/mol. The third-order valence-corrected chi connectivity index (χ3v) is 2.84. The Hall–Kier alpha value is -1.35. The summed E-state index contributed by atoms with van der Waals surface area (Å²) in [6.45, 7) is 2.93. The van der Waals surface area contributed by atoms with E-state index >= 15 is 0 Å². The quantitative estimate of drug-likeness (QED) is 0.721. The first-order valence-electron chi connectivity index (χ1n) is 5.74. The van der Waals surface area contributed by atoms with E-state index in [0.717, 1.165) is 37.2 Å². The molecule has 0 unspecified atom stereocenters. The van der Waals surface area contributed by atoms with Crippen LogP contribution in [0.15, 0.2) is 24.4 Å². The van der Waals surface area contributed by atoms with Crippen molar-refractivity contribution in [3.63, 3.8) is 0 Å². The molecule has 0 aliphatic rings. The number of imidazole rings is 1. The summed E-state index contributed by atoms with van der Waals surface area (Å²) in [6, 6.07) is 6.12. The Balaban J connectivity index is 2.13. The van der Waals surface area contributed by atoms with Gasteiger partial charge in [0.05, 0.1) is 5.69 Å². The smallest absolute Gasteiger partial charge is 0.137 e. The minimum absolute atomic E-state index is 0.843. The molecule has 0 saturated heterocycles. The molecule has 2 rings (SSSR count). The van der Waals surface area contributed by atoms with Gasteiger partial charge in [0.25, 0.3) is 0 Å². The van der Waals surface area contributed by atoms with Gasteiger partial charge in [0, 0.05) is 25.6 Å². The lowest BCUT2D eigenvalue weighted by molar-refractivity contribution is 0.193. The number of ether oxygens (including phenoxy) is 1. The molecule has 0 N–H and O–H groups in total. The van der Waals surface area contributed by atoms with Crippen LogP contribution in [0.2, 0.25) is 0 Å². The summed E-state index contributed by atoms with van der Waals surface area (Å²) >= 11 is 0. The molecule has 2 aromatic rings. The van der Waals surface area contributed by atoms with Crippen molar-refractivity contribution in [2.75, 3.05) is 13.7 Å². The van der Waals surface area contributed by atoms with Gasteiger partial charge in [-0.3, -0.25) is 0 Å². The van der Waals surface area contributed by atoms with E-state index < -0.39 is 0 Å². The monoisotopic (exact) mass is 218 g/mol. The Bertz CT molecular complexity index is 462. The highest BCUT2D eigenvalue weighted by Crippen LogP contribution is 2.14. The number of aryl methyl sites for hydroxylation is 2. The van der Waals surface area contributed by atoms with Crippen LogP contribution in [0.3, 0.4) is 0 Å². The minimum atomic E-state index is 0.843.